The summed E-state index contributed by atoms with van der Waals surface area (Å²) in [5.74, 6) is -0.397. The summed E-state index contributed by atoms with van der Waals surface area (Å²) >= 11 is 7.22. The van der Waals surface area contributed by atoms with Crippen LogP contribution in [-0.4, -0.2) is 71.5 Å². The van der Waals surface area contributed by atoms with Gasteiger partial charge < -0.3 is 19.1 Å². The SMILES string of the molecule is COc1ccc(S(=O)(=O)N2C(=O)C(c3ccccc3OC)(N3Cc4ccccc4C[C@H]3C(=O)N(C)C)c3c2ccc(C)c3Cl)c(OC)c1. The summed E-state index contributed by atoms with van der Waals surface area (Å²) in [6.45, 7) is 1.92. The molecule has 0 bridgehead atoms. The lowest BCUT2D eigenvalue weighted by atomic mass is 9.77. The zero-order valence-electron chi connectivity index (χ0n) is 27.5. The van der Waals surface area contributed by atoms with E-state index < -0.39 is 27.5 Å². The highest BCUT2D eigenvalue weighted by Crippen LogP contribution is 2.57. The minimum atomic E-state index is -4.67. The van der Waals surface area contributed by atoms with Crippen molar-refractivity contribution in [1.29, 1.82) is 0 Å². The topological polar surface area (TPSA) is 106 Å². The fourth-order valence-corrected chi connectivity index (χ4v) is 8.77. The summed E-state index contributed by atoms with van der Waals surface area (Å²) in [6.07, 6.45) is 0.273. The Bertz CT molecular complexity index is 2050. The molecule has 1 unspecified atom stereocenters. The smallest absolute Gasteiger partial charge is 0.274 e. The van der Waals surface area contributed by atoms with Crippen LogP contribution in [0, 0.1) is 6.92 Å². The third-order valence-corrected chi connectivity index (χ3v) is 11.4. The first-order chi connectivity index (χ1) is 22.9. The summed E-state index contributed by atoms with van der Waals surface area (Å²) in [6, 6.07) is 21.3. The van der Waals surface area contributed by atoms with Crippen molar-refractivity contribution in [2.75, 3.05) is 39.7 Å². The van der Waals surface area contributed by atoms with Crippen LogP contribution in [0.1, 0.15) is 27.8 Å². The zero-order valence-corrected chi connectivity index (χ0v) is 29.1. The number of likely N-dealkylation sites (N-methyl/N-ethyl adjacent to an activating group) is 1. The van der Waals surface area contributed by atoms with Gasteiger partial charge in [0, 0.05) is 37.8 Å². The number of methoxy groups -OCH3 is 3. The molecule has 6 rings (SSSR count). The molecule has 250 valence electrons. The molecular formula is C36H36ClN3O7S. The van der Waals surface area contributed by atoms with Crippen LogP contribution in [0.25, 0.3) is 0 Å². The number of para-hydroxylation sites is 1. The molecule has 12 heteroatoms. The zero-order chi connectivity index (χ0) is 34.5. The average molecular weight is 690 g/mol. The van der Waals surface area contributed by atoms with Crippen LogP contribution in [-0.2, 0) is 38.1 Å². The average Bonchev–Trinajstić information content (AvgIpc) is 3.37. The van der Waals surface area contributed by atoms with Gasteiger partial charge in [0.25, 0.3) is 15.9 Å². The van der Waals surface area contributed by atoms with Crippen molar-refractivity contribution in [3.05, 3.63) is 112 Å². The van der Waals surface area contributed by atoms with E-state index in [0.717, 1.165) is 15.4 Å². The van der Waals surface area contributed by atoms with Crippen molar-refractivity contribution in [2.45, 2.75) is 36.4 Å². The lowest BCUT2D eigenvalue weighted by Crippen LogP contribution is -2.62. The van der Waals surface area contributed by atoms with Gasteiger partial charge in [0.05, 0.1) is 38.1 Å². The standard InChI is InChI=1S/C36H36ClN3O7S/c1-22-15-17-27-32(33(22)37)36(26-13-9-10-14-29(26)46-5,39-21-24-12-8-7-11-23(24)19-28(39)34(41)38(2)3)35(42)40(27)48(43,44)31-18-16-25(45-4)20-30(31)47-6/h7-18,20,28H,19,21H2,1-6H3/t28-,36?/m0/s1. The Labute approximate surface area is 285 Å². The Morgan fingerprint density at radius 1 is 0.896 bits per heavy atom. The lowest BCUT2D eigenvalue weighted by molar-refractivity contribution is -0.141. The highest BCUT2D eigenvalue weighted by atomic mass is 35.5. The van der Waals surface area contributed by atoms with E-state index in [1.54, 1.807) is 62.3 Å². The molecule has 2 heterocycles. The number of hydrogen-bond donors (Lipinski definition) is 0. The van der Waals surface area contributed by atoms with Crippen LogP contribution in [0.4, 0.5) is 5.69 Å². The number of rotatable bonds is 8. The van der Waals surface area contributed by atoms with Gasteiger partial charge in [-0.3, -0.25) is 14.5 Å². The largest absolute Gasteiger partial charge is 0.497 e. The minimum absolute atomic E-state index is 0.00994. The summed E-state index contributed by atoms with van der Waals surface area (Å²) < 4.78 is 47.2. The van der Waals surface area contributed by atoms with Gasteiger partial charge in [-0.1, -0.05) is 60.1 Å². The van der Waals surface area contributed by atoms with Gasteiger partial charge in [-0.25, -0.2) is 12.7 Å². The number of aryl methyl sites for hydroxylation is 1. The maximum atomic E-state index is 15.7. The van der Waals surface area contributed by atoms with E-state index in [1.165, 1.54) is 44.4 Å². The van der Waals surface area contributed by atoms with E-state index in [0.29, 0.717) is 22.6 Å². The highest BCUT2D eigenvalue weighted by Gasteiger charge is 2.64. The van der Waals surface area contributed by atoms with Crippen LogP contribution >= 0.6 is 11.6 Å². The Kier molecular flexibility index (Phi) is 8.65. The summed E-state index contributed by atoms with van der Waals surface area (Å²) in [4.78, 5) is 32.9. The van der Waals surface area contributed by atoms with Crippen molar-refractivity contribution < 1.29 is 32.2 Å². The molecule has 4 aromatic carbocycles. The maximum absolute atomic E-state index is 15.7. The normalized spacial score (nSPS) is 19.0. The molecule has 4 aromatic rings. The van der Waals surface area contributed by atoms with Crippen LogP contribution in [0.15, 0.2) is 83.8 Å². The van der Waals surface area contributed by atoms with Crippen molar-refractivity contribution in [3.63, 3.8) is 0 Å². The molecule has 0 aromatic heterocycles. The van der Waals surface area contributed by atoms with Crippen LogP contribution < -0.4 is 18.5 Å². The van der Waals surface area contributed by atoms with E-state index >= 15 is 4.79 Å². The quantitative estimate of drug-likeness (QED) is 0.250. The van der Waals surface area contributed by atoms with Gasteiger partial charge in [-0.15, -0.1) is 0 Å². The lowest BCUT2D eigenvalue weighted by Gasteiger charge is -2.48. The highest BCUT2D eigenvalue weighted by molar-refractivity contribution is 7.93. The molecule has 2 atom stereocenters. The summed E-state index contributed by atoms with van der Waals surface area (Å²) in [7, 11) is 2.93. The Morgan fingerprint density at radius 3 is 2.23 bits per heavy atom. The Balaban J connectivity index is 1.74. The molecule has 0 spiro atoms. The predicted molar refractivity (Wildman–Crippen MR) is 182 cm³/mol. The minimum Gasteiger partial charge on any atom is -0.497 e. The third kappa shape index (κ3) is 4.91. The van der Waals surface area contributed by atoms with E-state index in [1.807, 2.05) is 24.3 Å². The molecule has 48 heavy (non-hydrogen) atoms. The predicted octanol–water partition coefficient (Wildman–Crippen LogP) is 5.17. The van der Waals surface area contributed by atoms with Gasteiger partial charge in [0.2, 0.25) is 5.91 Å². The number of anilines is 1. The number of sulfonamides is 1. The second-order valence-electron chi connectivity index (χ2n) is 11.9. The molecule has 2 amide bonds. The number of hydrogen-bond acceptors (Lipinski definition) is 8. The first-order valence-corrected chi connectivity index (χ1v) is 17.0. The van der Waals surface area contributed by atoms with Crippen LogP contribution in [0.3, 0.4) is 0 Å². The molecule has 0 saturated carbocycles. The molecule has 10 nitrogen and oxygen atoms in total. The number of amides is 2. The van der Waals surface area contributed by atoms with Gasteiger partial charge in [0.15, 0.2) is 5.54 Å². The van der Waals surface area contributed by atoms with Crippen LogP contribution in [0.2, 0.25) is 5.02 Å². The maximum Gasteiger partial charge on any atom is 0.274 e. The van der Waals surface area contributed by atoms with E-state index in [4.69, 9.17) is 25.8 Å². The third-order valence-electron chi connectivity index (χ3n) is 9.18. The summed E-state index contributed by atoms with van der Waals surface area (Å²) in [5, 5.41) is 0.195. The number of nitrogens with zero attached hydrogens (tertiary/aromatic N) is 3. The molecule has 0 radical (unpaired) electrons. The first-order valence-electron chi connectivity index (χ1n) is 15.2. The second-order valence-corrected chi connectivity index (χ2v) is 14.1. The fraction of sp³-hybridized carbons (Fsp3) is 0.278. The number of fused-ring (bicyclic) bond motifs is 2. The van der Waals surface area contributed by atoms with Crippen molar-refractivity contribution in [3.8, 4) is 17.2 Å². The van der Waals surface area contributed by atoms with Gasteiger partial charge >= 0.3 is 0 Å². The second kappa shape index (κ2) is 12.5. The first kappa shape index (κ1) is 33.3. The number of carbonyl (C=O) groups excluding carboxylic acids is 2. The van der Waals surface area contributed by atoms with Crippen LogP contribution in [0.5, 0.6) is 17.2 Å². The number of ether oxygens (including phenoxy) is 3. The molecule has 0 fully saturated rings. The monoisotopic (exact) mass is 689 g/mol. The Hall–Kier alpha value is -4.58. The van der Waals surface area contributed by atoms with E-state index in [9.17, 15) is 13.2 Å². The summed E-state index contributed by atoms with van der Waals surface area (Å²) in [5.41, 5.74) is 1.20. The van der Waals surface area contributed by atoms with Gasteiger partial charge in [0.1, 0.15) is 22.1 Å². The number of benzene rings is 4. The fourth-order valence-electron chi connectivity index (χ4n) is 6.88. The molecule has 0 aliphatic carbocycles. The molecular weight excluding hydrogens is 654 g/mol. The van der Waals surface area contributed by atoms with Crippen molar-refractivity contribution in [1.82, 2.24) is 9.80 Å². The van der Waals surface area contributed by atoms with E-state index in [2.05, 4.69) is 0 Å². The Morgan fingerprint density at radius 2 is 1.56 bits per heavy atom. The van der Waals surface area contributed by atoms with Crippen molar-refractivity contribution in [2.24, 2.45) is 0 Å². The van der Waals surface area contributed by atoms with Gasteiger partial charge in [-0.05, 0) is 54.3 Å². The number of carbonyl (C=O) groups is 2. The molecule has 2 aliphatic heterocycles. The molecule has 0 N–H and O–H groups in total. The number of halogens is 1. The van der Waals surface area contributed by atoms with E-state index in [-0.39, 0.29) is 45.8 Å². The van der Waals surface area contributed by atoms with Crippen molar-refractivity contribution >= 4 is 39.1 Å². The molecule has 0 saturated heterocycles. The molecule has 2 aliphatic rings. The van der Waals surface area contributed by atoms with Gasteiger partial charge in [-0.2, -0.15) is 0 Å².